The van der Waals surface area contributed by atoms with Gasteiger partial charge in [0, 0.05) is 23.0 Å². The van der Waals surface area contributed by atoms with Gasteiger partial charge in [-0.2, -0.15) is 0 Å². The minimum Gasteiger partial charge on any atom is -0.332 e. The Morgan fingerprint density at radius 1 is 0.723 bits per heavy atom. The molecule has 0 radical (unpaired) electrons. The van der Waals surface area contributed by atoms with Crippen molar-refractivity contribution in [2.75, 3.05) is 4.90 Å². The highest BCUT2D eigenvalue weighted by molar-refractivity contribution is 6.27. The summed E-state index contributed by atoms with van der Waals surface area (Å²) in [5.74, 6) is -0.749. The lowest BCUT2D eigenvalue weighted by Gasteiger charge is -2.34. The number of benzene rings is 4. The number of fused-ring (bicyclic) bond motifs is 7. The number of hydrogen-bond donors (Lipinski definition) is 0. The van der Waals surface area contributed by atoms with E-state index in [1.807, 2.05) is 48.7 Å². The molecule has 2 unspecified atom stereocenters. The molecule has 3 aliphatic rings. The van der Waals surface area contributed by atoms with E-state index in [4.69, 9.17) is 4.98 Å². The summed E-state index contributed by atoms with van der Waals surface area (Å²) in [6, 6.07) is 29.6. The standard InChI is InChI=1S/C43H40N2O2/c1-42(2,3)29-22-30(43(4,5)6)24-31(23-29)45-36-16-14-28-18-25(13-15-32(28)38(36)39-37(45)12-9-17-44-39)19-35-40(46)33-20-26-10-7-8-11-27(26)21-34(33)41(35)47/h7-18,20-24,35-36,38H,19H2,1-6H3. The van der Waals surface area contributed by atoms with Crippen molar-refractivity contribution >= 4 is 39.8 Å². The fourth-order valence-electron chi connectivity index (χ4n) is 7.72. The van der Waals surface area contributed by atoms with Crippen LogP contribution in [0.2, 0.25) is 0 Å². The van der Waals surface area contributed by atoms with Crippen LogP contribution in [0, 0.1) is 5.92 Å². The predicted molar refractivity (Wildman–Crippen MR) is 191 cm³/mol. The normalized spacial score (nSPS) is 18.8. The Morgan fingerprint density at radius 2 is 1.36 bits per heavy atom. The number of pyridine rings is 1. The molecule has 234 valence electrons. The van der Waals surface area contributed by atoms with Crippen molar-refractivity contribution < 1.29 is 9.59 Å². The first-order chi connectivity index (χ1) is 22.4. The molecule has 47 heavy (non-hydrogen) atoms. The van der Waals surface area contributed by atoms with Gasteiger partial charge in [0.1, 0.15) is 0 Å². The molecule has 5 aromatic rings. The SMILES string of the molecule is CC(C)(C)c1cc(N2c3cccnc3C3c4ccc(CC5C(=O)c6cc7ccccc7cc6C5=O)cc4C=CC32)cc(C(C)(C)C)c1. The van der Waals surface area contributed by atoms with Crippen molar-refractivity contribution in [2.45, 2.75) is 70.8 Å². The van der Waals surface area contributed by atoms with Crippen LogP contribution in [0.1, 0.15) is 102 Å². The maximum atomic E-state index is 13.5. The fraction of sp³-hybridized carbons (Fsp3) is 0.279. The number of aromatic nitrogens is 1. The molecule has 4 aromatic carbocycles. The van der Waals surface area contributed by atoms with E-state index in [1.54, 1.807) is 0 Å². The summed E-state index contributed by atoms with van der Waals surface area (Å²) in [7, 11) is 0. The number of carbonyl (C=O) groups is 2. The molecule has 0 spiro atoms. The van der Waals surface area contributed by atoms with Gasteiger partial charge in [0.2, 0.25) is 0 Å². The predicted octanol–water partition coefficient (Wildman–Crippen LogP) is 9.75. The van der Waals surface area contributed by atoms with E-state index in [2.05, 4.69) is 101 Å². The molecule has 8 rings (SSSR count). The van der Waals surface area contributed by atoms with Gasteiger partial charge in [-0.3, -0.25) is 14.6 Å². The van der Waals surface area contributed by atoms with Crippen LogP contribution >= 0.6 is 0 Å². The van der Waals surface area contributed by atoms with E-state index in [0.717, 1.165) is 33.3 Å². The van der Waals surface area contributed by atoms with Gasteiger partial charge in [0.25, 0.3) is 0 Å². The van der Waals surface area contributed by atoms with E-state index >= 15 is 0 Å². The van der Waals surface area contributed by atoms with Crippen LogP contribution in [-0.2, 0) is 17.3 Å². The zero-order chi connectivity index (χ0) is 32.8. The quantitative estimate of drug-likeness (QED) is 0.189. The number of carbonyl (C=O) groups excluding carboxylic acids is 2. The first-order valence-electron chi connectivity index (χ1n) is 16.7. The molecule has 0 amide bonds. The maximum Gasteiger partial charge on any atom is 0.174 e. The molecule has 0 saturated heterocycles. The number of hydrogen-bond acceptors (Lipinski definition) is 4. The number of Topliss-reactive ketones (excluding diaryl/α,β-unsaturated/α-hetero) is 2. The number of nitrogens with zero attached hydrogens (tertiary/aromatic N) is 2. The van der Waals surface area contributed by atoms with Gasteiger partial charge >= 0.3 is 0 Å². The van der Waals surface area contributed by atoms with E-state index in [-0.39, 0.29) is 34.4 Å². The van der Waals surface area contributed by atoms with E-state index in [0.29, 0.717) is 17.5 Å². The molecule has 0 fully saturated rings. The van der Waals surface area contributed by atoms with Crippen LogP contribution in [0.25, 0.3) is 16.8 Å². The molecule has 0 bridgehead atoms. The lowest BCUT2D eigenvalue weighted by molar-refractivity contribution is 0.0838. The number of rotatable bonds is 3. The Kier molecular flexibility index (Phi) is 6.50. The largest absolute Gasteiger partial charge is 0.332 e. The summed E-state index contributed by atoms with van der Waals surface area (Å²) < 4.78 is 0. The third-order valence-corrected chi connectivity index (χ3v) is 10.4. The van der Waals surface area contributed by atoms with Crippen molar-refractivity contribution in [3.8, 4) is 0 Å². The van der Waals surface area contributed by atoms with Crippen molar-refractivity contribution in [2.24, 2.45) is 5.92 Å². The monoisotopic (exact) mass is 616 g/mol. The molecule has 2 heterocycles. The second-order valence-electron chi connectivity index (χ2n) is 15.6. The van der Waals surface area contributed by atoms with Gasteiger partial charge < -0.3 is 4.90 Å². The Hall–Kier alpha value is -4.83. The van der Waals surface area contributed by atoms with E-state index in [9.17, 15) is 9.59 Å². The summed E-state index contributed by atoms with van der Waals surface area (Å²) in [5.41, 5.74) is 10.5. The smallest absolute Gasteiger partial charge is 0.174 e. The highest BCUT2D eigenvalue weighted by Crippen LogP contribution is 2.51. The van der Waals surface area contributed by atoms with Crippen LogP contribution in [0.5, 0.6) is 0 Å². The van der Waals surface area contributed by atoms with Crippen molar-refractivity contribution in [1.82, 2.24) is 4.98 Å². The number of ketones is 2. The maximum absolute atomic E-state index is 13.5. The molecule has 1 aromatic heterocycles. The Balaban J connectivity index is 1.15. The third kappa shape index (κ3) is 4.76. The van der Waals surface area contributed by atoms with Crippen LogP contribution in [-0.4, -0.2) is 22.6 Å². The molecule has 0 saturated carbocycles. The average Bonchev–Trinajstić information content (AvgIpc) is 3.50. The minimum absolute atomic E-state index is 0.00916. The lowest BCUT2D eigenvalue weighted by Crippen LogP contribution is -2.31. The van der Waals surface area contributed by atoms with Gasteiger partial charge in [-0.05, 0) is 92.2 Å². The van der Waals surface area contributed by atoms with Gasteiger partial charge in [-0.15, -0.1) is 0 Å². The third-order valence-electron chi connectivity index (χ3n) is 10.4. The second-order valence-corrected chi connectivity index (χ2v) is 15.6. The average molecular weight is 617 g/mol. The zero-order valence-corrected chi connectivity index (χ0v) is 28.0. The zero-order valence-electron chi connectivity index (χ0n) is 28.0. The van der Waals surface area contributed by atoms with Crippen LogP contribution in [0.4, 0.5) is 11.4 Å². The lowest BCUT2D eigenvalue weighted by atomic mass is 9.79. The van der Waals surface area contributed by atoms with E-state index < -0.39 is 5.92 Å². The topological polar surface area (TPSA) is 50.3 Å². The van der Waals surface area contributed by atoms with Gasteiger partial charge in [-0.25, -0.2) is 0 Å². The first kappa shape index (κ1) is 29.6. The van der Waals surface area contributed by atoms with Crippen LogP contribution < -0.4 is 4.90 Å². The summed E-state index contributed by atoms with van der Waals surface area (Å²) in [5, 5.41) is 1.97. The van der Waals surface area contributed by atoms with Crippen molar-refractivity contribution in [3.05, 3.63) is 142 Å². The number of anilines is 2. The summed E-state index contributed by atoms with van der Waals surface area (Å²) in [6.07, 6.45) is 6.83. The highest BCUT2D eigenvalue weighted by atomic mass is 16.2. The van der Waals surface area contributed by atoms with Gasteiger partial charge in [-0.1, -0.05) is 102 Å². The summed E-state index contributed by atoms with van der Waals surface area (Å²) >= 11 is 0. The second kappa shape index (κ2) is 10.3. The van der Waals surface area contributed by atoms with E-state index in [1.165, 1.54) is 22.4 Å². The van der Waals surface area contributed by atoms with Crippen molar-refractivity contribution in [3.63, 3.8) is 0 Å². The molecule has 0 N–H and O–H groups in total. The minimum atomic E-state index is -0.684. The first-order valence-corrected chi connectivity index (χ1v) is 16.7. The van der Waals surface area contributed by atoms with Crippen LogP contribution in [0.3, 0.4) is 0 Å². The molecule has 2 atom stereocenters. The molecule has 4 nitrogen and oxygen atoms in total. The Labute approximate surface area is 277 Å². The van der Waals surface area contributed by atoms with Gasteiger partial charge in [0.15, 0.2) is 11.6 Å². The molecule has 1 aliphatic heterocycles. The van der Waals surface area contributed by atoms with Crippen molar-refractivity contribution in [1.29, 1.82) is 0 Å². The molecule has 4 heteroatoms. The molecular formula is C43H40N2O2. The molecule has 2 aliphatic carbocycles. The highest BCUT2D eigenvalue weighted by Gasteiger charge is 2.43. The van der Waals surface area contributed by atoms with Gasteiger partial charge in [0.05, 0.1) is 29.3 Å². The summed E-state index contributed by atoms with van der Waals surface area (Å²) in [4.78, 5) is 34.5. The van der Waals surface area contributed by atoms with Crippen LogP contribution in [0.15, 0.2) is 97.2 Å². The summed E-state index contributed by atoms with van der Waals surface area (Å²) in [6.45, 7) is 13.7. The Morgan fingerprint density at radius 3 is 1.98 bits per heavy atom. The Bertz CT molecular complexity index is 2070. The molecular weight excluding hydrogens is 576 g/mol. The fourth-order valence-corrected chi connectivity index (χ4v) is 7.72.